The van der Waals surface area contributed by atoms with Crippen LogP contribution >= 0.6 is 0 Å². The summed E-state index contributed by atoms with van der Waals surface area (Å²) in [5, 5.41) is 58.9. The molecule has 11 heteroatoms. The molecule has 1 aliphatic heterocycles. The lowest BCUT2D eigenvalue weighted by Gasteiger charge is -2.22. The van der Waals surface area contributed by atoms with Gasteiger partial charge in [0, 0.05) is 23.0 Å². The molecule has 0 aromatic heterocycles. The first kappa shape index (κ1) is 24.1. The Morgan fingerprint density at radius 3 is 2.41 bits per heavy atom. The number of non-ortho nitro benzene ring substituents is 1. The molecule has 0 aliphatic carbocycles. The molecule has 1 fully saturated rings. The van der Waals surface area contributed by atoms with Crippen LogP contribution in [0, 0.1) is 10.1 Å². The van der Waals surface area contributed by atoms with Crippen LogP contribution in [0.2, 0.25) is 0 Å². The lowest BCUT2D eigenvalue weighted by molar-refractivity contribution is -0.384. The fraction of sp³-hybridized carbons (Fsp3) is 0.625. The van der Waals surface area contributed by atoms with Gasteiger partial charge in [0.2, 0.25) is 0 Å². The van der Waals surface area contributed by atoms with Crippen molar-refractivity contribution in [1.29, 1.82) is 0 Å². The van der Waals surface area contributed by atoms with Gasteiger partial charge in [0.1, 0.15) is 35.9 Å². The second kappa shape index (κ2) is 11.1. The van der Waals surface area contributed by atoms with E-state index >= 15 is 0 Å². The summed E-state index contributed by atoms with van der Waals surface area (Å²) in [5.74, 6) is 0.467. The van der Waals surface area contributed by atoms with Crippen molar-refractivity contribution in [2.45, 2.75) is 36.3 Å². The molecule has 0 bridgehead atoms. The van der Waals surface area contributed by atoms with E-state index in [4.69, 9.17) is 4.74 Å². The van der Waals surface area contributed by atoms with Gasteiger partial charge in [-0.2, -0.15) is 0 Å². The monoisotopic (exact) mass is 425 g/mol. The predicted octanol–water partition coefficient (Wildman–Crippen LogP) is -4.45. The SMILES string of the molecule is O=[N+]([O-])c1ccc(CO[C@@H](CO)[C@H](O)C[S+]2C[C@@H](O)[C@H](O)[C@H]2CO)cc1.[Cl-]. The number of nitro groups is 1. The van der Waals surface area contributed by atoms with Crippen LogP contribution in [-0.4, -0.2) is 84.8 Å². The first-order chi connectivity index (χ1) is 12.4. The van der Waals surface area contributed by atoms with E-state index < -0.39 is 52.1 Å². The van der Waals surface area contributed by atoms with Crippen molar-refractivity contribution in [3.63, 3.8) is 0 Å². The van der Waals surface area contributed by atoms with Gasteiger partial charge in [-0.1, -0.05) is 0 Å². The maximum Gasteiger partial charge on any atom is 0.269 e. The van der Waals surface area contributed by atoms with Crippen molar-refractivity contribution >= 4 is 16.6 Å². The van der Waals surface area contributed by atoms with E-state index in [-0.39, 0.29) is 42.8 Å². The smallest absolute Gasteiger partial charge is 0.269 e. The van der Waals surface area contributed by atoms with Crippen LogP contribution in [0.5, 0.6) is 0 Å². The van der Waals surface area contributed by atoms with E-state index in [9.17, 15) is 35.6 Å². The van der Waals surface area contributed by atoms with Gasteiger partial charge in [0.05, 0.1) is 24.7 Å². The van der Waals surface area contributed by atoms with Crippen molar-refractivity contribution in [3.05, 3.63) is 39.9 Å². The largest absolute Gasteiger partial charge is 1.00 e. The van der Waals surface area contributed by atoms with E-state index in [0.29, 0.717) is 5.56 Å². The molecule has 1 aliphatic rings. The Hall–Kier alpha value is -0.980. The Balaban J connectivity index is 0.00000364. The lowest BCUT2D eigenvalue weighted by Crippen LogP contribution is -3.00. The number of hydrogen-bond acceptors (Lipinski definition) is 8. The van der Waals surface area contributed by atoms with Gasteiger partial charge in [-0.3, -0.25) is 10.1 Å². The van der Waals surface area contributed by atoms with Gasteiger partial charge < -0.3 is 42.7 Å². The molecular formula is C16H24ClNO8S. The summed E-state index contributed by atoms with van der Waals surface area (Å²) in [5.41, 5.74) is 0.616. The van der Waals surface area contributed by atoms with Gasteiger partial charge in [-0.15, -0.1) is 0 Å². The highest BCUT2D eigenvalue weighted by Gasteiger charge is 2.50. The standard InChI is InChI=1S/C16H24NO8S.ClH/c18-5-14(25-7-10-1-3-11(4-2-10)17(23)24)12(20)8-26-9-13(21)16(22)15(26)6-19;/h1-4,12-16,18-22H,5-9H2;1H/q+1;/p-1/t12-,13-,14+,15-,16+,26?;/m1./s1. The molecule has 6 atom stereocenters. The van der Waals surface area contributed by atoms with Crippen molar-refractivity contribution in [2.24, 2.45) is 0 Å². The minimum absolute atomic E-state index is 0. The van der Waals surface area contributed by atoms with Crippen molar-refractivity contribution in [1.82, 2.24) is 0 Å². The quantitative estimate of drug-likeness (QED) is 0.151. The molecule has 154 valence electrons. The van der Waals surface area contributed by atoms with Gasteiger partial charge in [-0.05, 0) is 17.7 Å². The van der Waals surface area contributed by atoms with Gasteiger partial charge in [0.15, 0.2) is 5.25 Å². The molecule has 1 heterocycles. The first-order valence-electron chi connectivity index (χ1n) is 8.14. The van der Waals surface area contributed by atoms with Crippen LogP contribution in [-0.2, 0) is 22.2 Å². The van der Waals surface area contributed by atoms with Crippen LogP contribution in [0.1, 0.15) is 5.56 Å². The molecule has 2 rings (SSSR count). The Labute approximate surface area is 165 Å². The minimum Gasteiger partial charge on any atom is -1.00 e. The molecular weight excluding hydrogens is 402 g/mol. The van der Waals surface area contributed by atoms with Crippen LogP contribution in [0.4, 0.5) is 5.69 Å². The Kier molecular flexibility index (Phi) is 9.91. The summed E-state index contributed by atoms with van der Waals surface area (Å²) in [4.78, 5) is 10.1. The number of ether oxygens (including phenoxy) is 1. The maximum atomic E-state index is 10.6. The number of aliphatic hydroxyl groups excluding tert-OH is 5. The van der Waals surface area contributed by atoms with E-state index in [1.807, 2.05) is 0 Å². The topological polar surface area (TPSA) is 154 Å². The number of aliphatic hydroxyl groups is 5. The van der Waals surface area contributed by atoms with E-state index in [1.54, 1.807) is 0 Å². The molecule has 0 saturated carbocycles. The molecule has 1 aromatic rings. The van der Waals surface area contributed by atoms with Crippen LogP contribution in [0.3, 0.4) is 0 Å². The minimum atomic E-state index is -1.03. The molecule has 1 aromatic carbocycles. The number of halogens is 1. The summed E-state index contributed by atoms with van der Waals surface area (Å²) in [7, 11) is -0.600. The molecule has 27 heavy (non-hydrogen) atoms. The lowest BCUT2D eigenvalue weighted by atomic mass is 10.2. The Bertz CT molecular complexity index is 592. The third-order valence-electron chi connectivity index (χ3n) is 4.37. The summed E-state index contributed by atoms with van der Waals surface area (Å²) < 4.78 is 5.52. The predicted molar refractivity (Wildman–Crippen MR) is 94.8 cm³/mol. The number of nitrogens with zero attached hydrogens (tertiary/aromatic N) is 1. The number of hydrogen-bond donors (Lipinski definition) is 5. The average Bonchev–Trinajstić information content (AvgIpc) is 2.89. The Morgan fingerprint density at radius 2 is 1.89 bits per heavy atom. The van der Waals surface area contributed by atoms with Gasteiger partial charge in [0.25, 0.3) is 5.69 Å². The molecule has 9 nitrogen and oxygen atoms in total. The van der Waals surface area contributed by atoms with E-state index in [1.165, 1.54) is 24.3 Å². The fourth-order valence-corrected chi connectivity index (χ4v) is 5.53. The zero-order valence-electron chi connectivity index (χ0n) is 14.4. The number of nitro benzene ring substituents is 1. The fourth-order valence-electron chi connectivity index (χ4n) is 2.82. The molecule has 1 saturated heterocycles. The normalized spacial score (nSPS) is 27.0. The first-order valence-corrected chi connectivity index (χ1v) is 9.77. The highest BCUT2D eigenvalue weighted by molar-refractivity contribution is 7.97. The average molecular weight is 426 g/mol. The summed E-state index contributed by atoms with van der Waals surface area (Å²) >= 11 is 0. The molecule has 0 radical (unpaired) electrons. The third-order valence-corrected chi connectivity index (χ3v) is 7.20. The van der Waals surface area contributed by atoms with Gasteiger partial charge >= 0.3 is 0 Å². The Morgan fingerprint density at radius 1 is 1.26 bits per heavy atom. The van der Waals surface area contributed by atoms with Crippen molar-refractivity contribution in [3.8, 4) is 0 Å². The second-order valence-corrected chi connectivity index (χ2v) is 8.52. The van der Waals surface area contributed by atoms with Crippen molar-refractivity contribution in [2.75, 3.05) is 24.7 Å². The molecule has 0 spiro atoms. The third kappa shape index (κ3) is 6.26. The molecule has 5 N–H and O–H groups in total. The molecule has 0 amide bonds. The summed E-state index contributed by atoms with van der Waals surface area (Å²) in [6, 6.07) is 5.76. The maximum absolute atomic E-state index is 10.6. The van der Waals surface area contributed by atoms with E-state index in [0.717, 1.165) is 0 Å². The zero-order chi connectivity index (χ0) is 19.3. The van der Waals surface area contributed by atoms with Crippen LogP contribution < -0.4 is 12.4 Å². The summed E-state index contributed by atoms with van der Waals surface area (Å²) in [6.07, 6.45) is -3.87. The summed E-state index contributed by atoms with van der Waals surface area (Å²) in [6.45, 7) is -0.662. The highest BCUT2D eigenvalue weighted by Crippen LogP contribution is 2.25. The zero-order valence-corrected chi connectivity index (χ0v) is 16.0. The number of rotatable bonds is 9. The second-order valence-electron chi connectivity index (χ2n) is 6.17. The van der Waals surface area contributed by atoms with E-state index in [2.05, 4.69) is 0 Å². The van der Waals surface area contributed by atoms with Crippen LogP contribution in [0.25, 0.3) is 0 Å². The van der Waals surface area contributed by atoms with Crippen molar-refractivity contribution < 1.29 is 47.6 Å². The number of benzene rings is 1. The van der Waals surface area contributed by atoms with Crippen LogP contribution in [0.15, 0.2) is 24.3 Å². The highest BCUT2D eigenvalue weighted by atomic mass is 35.5. The van der Waals surface area contributed by atoms with Gasteiger partial charge in [-0.25, -0.2) is 0 Å². The molecule has 1 unspecified atom stereocenters.